The molecule has 0 saturated heterocycles. The van der Waals surface area contributed by atoms with E-state index in [9.17, 15) is 18.4 Å². The second-order valence-electron chi connectivity index (χ2n) is 7.05. The number of hydrogen-bond acceptors (Lipinski definition) is 3. The molecular weight excluding hydrogens is 356 g/mol. The summed E-state index contributed by atoms with van der Waals surface area (Å²) in [7, 11) is 0. The molecule has 0 atom stereocenters. The van der Waals surface area contributed by atoms with Crippen molar-refractivity contribution in [2.45, 2.75) is 44.4 Å². The summed E-state index contributed by atoms with van der Waals surface area (Å²) in [5.74, 6) is -2.77. The number of carboxylic acids is 1. The lowest BCUT2D eigenvalue weighted by molar-refractivity contribution is -0.136. The fourth-order valence-electron chi connectivity index (χ4n) is 3.98. The highest BCUT2D eigenvalue weighted by Gasteiger charge is 2.40. The van der Waals surface area contributed by atoms with Crippen LogP contribution in [0.15, 0.2) is 28.9 Å². The van der Waals surface area contributed by atoms with Gasteiger partial charge in [0, 0.05) is 23.1 Å². The van der Waals surface area contributed by atoms with Crippen molar-refractivity contribution in [3.8, 4) is 0 Å². The van der Waals surface area contributed by atoms with Gasteiger partial charge in [-0.05, 0) is 31.9 Å². The van der Waals surface area contributed by atoms with Gasteiger partial charge in [-0.1, -0.05) is 18.9 Å². The topological polar surface area (TPSA) is 79.5 Å². The van der Waals surface area contributed by atoms with Gasteiger partial charge in [0.2, 0.25) is 0 Å². The van der Waals surface area contributed by atoms with Crippen molar-refractivity contribution in [3.05, 3.63) is 58.5 Å². The molecule has 0 radical (unpaired) electrons. The third kappa shape index (κ3) is 3.72. The molecule has 1 aromatic carbocycles. The number of aliphatic carboxylic acids is 1. The summed E-state index contributed by atoms with van der Waals surface area (Å²) in [6.45, 7) is 1.71. The normalized spacial score (nSPS) is 15.7. The summed E-state index contributed by atoms with van der Waals surface area (Å²) in [6.07, 6.45) is 3.69. The van der Waals surface area contributed by atoms with Crippen LogP contribution in [-0.4, -0.2) is 23.5 Å². The van der Waals surface area contributed by atoms with Crippen molar-refractivity contribution in [1.29, 1.82) is 0 Å². The van der Waals surface area contributed by atoms with Gasteiger partial charge in [0.1, 0.15) is 23.8 Å². The van der Waals surface area contributed by atoms with Crippen LogP contribution in [0.1, 0.15) is 52.9 Å². The number of rotatable bonds is 6. The number of hydrogen-bond donors (Lipinski definition) is 2. The molecule has 1 amide bonds. The molecule has 0 bridgehead atoms. The van der Waals surface area contributed by atoms with Crippen LogP contribution in [-0.2, 0) is 16.6 Å². The Morgan fingerprint density at radius 1 is 1.22 bits per heavy atom. The van der Waals surface area contributed by atoms with Crippen LogP contribution in [0.4, 0.5) is 8.78 Å². The highest BCUT2D eigenvalue weighted by atomic mass is 19.1. The van der Waals surface area contributed by atoms with E-state index in [1.165, 1.54) is 24.5 Å². The van der Waals surface area contributed by atoms with Gasteiger partial charge in [0.05, 0.1) is 11.8 Å². The van der Waals surface area contributed by atoms with Crippen LogP contribution in [0.2, 0.25) is 0 Å². The van der Waals surface area contributed by atoms with Gasteiger partial charge in [-0.15, -0.1) is 0 Å². The van der Waals surface area contributed by atoms with Crippen LogP contribution in [0.3, 0.4) is 0 Å². The molecule has 3 rings (SSSR count). The molecule has 1 heterocycles. The molecule has 0 aliphatic heterocycles. The largest absolute Gasteiger partial charge is 0.481 e. The van der Waals surface area contributed by atoms with E-state index in [0.717, 1.165) is 12.8 Å². The Kier molecular flexibility index (Phi) is 5.30. The van der Waals surface area contributed by atoms with Gasteiger partial charge in [-0.3, -0.25) is 9.59 Å². The first-order chi connectivity index (χ1) is 12.8. The maximum Gasteiger partial charge on any atom is 0.311 e. The van der Waals surface area contributed by atoms with E-state index in [4.69, 9.17) is 9.52 Å². The van der Waals surface area contributed by atoms with Gasteiger partial charge in [0.15, 0.2) is 0 Å². The van der Waals surface area contributed by atoms with Gasteiger partial charge < -0.3 is 14.8 Å². The monoisotopic (exact) mass is 377 g/mol. The number of benzene rings is 1. The van der Waals surface area contributed by atoms with Gasteiger partial charge in [-0.2, -0.15) is 0 Å². The third-order valence-electron chi connectivity index (χ3n) is 5.23. The minimum atomic E-state index is -1.11. The Hall–Kier alpha value is -2.70. The van der Waals surface area contributed by atoms with Crippen molar-refractivity contribution in [1.82, 2.24) is 5.32 Å². The number of aryl methyl sites for hydroxylation is 1. The lowest BCUT2D eigenvalue weighted by atomic mass is 9.78. The Morgan fingerprint density at radius 2 is 1.85 bits per heavy atom. The van der Waals surface area contributed by atoms with Crippen molar-refractivity contribution >= 4 is 11.9 Å². The molecule has 7 heteroatoms. The Labute approximate surface area is 155 Å². The maximum absolute atomic E-state index is 14.4. The average Bonchev–Trinajstić information content (AvgIpc) is 3.20. The Morgan fingerprint density at radius 3 is 2.44 bits per heavy atom. The van der Waals surface area contributed by atoms with Crippen molar-refractivity contribution in [2.24, 2.45) is 0 Å². The van der Waals surface area contributed by atoms with Crippen molar-refractivity contribution < 1.29 is 27.9 Å². The molecule has 0 spiro atoms. The predicted molar refractivity (Wildman–Crippen MR) is 93.6 cm³/mol. The summed E-state index contributed by atoms with van der Waals surface area (Å²) in [5.41, 5.74) is -0.117. The van der Waals surface area contributed by atoms with E-state index in [-0.39, 0.29) is 23.4 Å². The number of carbonyl (C=O) groups is 2. The van der Waals surface area contributed by atoms with E-state index in [1.807, 2.05) is 0 Å². The molecule has 1 fully saturated rings. The molecule has 1 aromatic heterocycles. The van der Waals surface area contributed by atoms with Crippen LogP contribution >= 0.6 is 0 Å². The molecule has 1 aliphatic rings. The second-order valence-corrected chi connectivity index (χ2v) is 7.05. The van der Waals surface area contributed by atoms with Crippen LogP contribution in [0.5, 0.6) is 0 Å². The first-order valence-corrected chi connectivity index (χ1v) is 8.85. The number of amides is 1. The maximum atomic E-state index is 14.4. The SMILES string of the molecule is Cc1coc(CC(=O)O)c1C(=O)NCC1(c2c(F)cccc2F)CCCC1. The number of halogens is 2. The first-order valence-electron chi connectivity index (χ1n) is 8.85. The minimum absolute atomic E-state index is 0.0116. The summed E-state index contributed by atoms with van der Waals surface area (Å²) >= 11 is 0. The molecule has 144 valence electrons. The van der Waals surface area contributed by atoms with E-state index in [0.29, 0.717) is 18.4 Å². The van der Waals surface area contributed by atoms with E-state index in [1.54, 1.807) is 6.92 Å². The summed E-state index contributed by atoms with van der Waals surface area (Å²) in [5, 5.41) is 11.7. The summed E-state index contributed by atoms with van der Waals surface area (Å²) in [4.78, 5) is 23.6. The van der Waals surface area contributed by atoms with E-state index < -0.39 is 35.3 Å². The zero-order chi connectivity index (χ0) is 19.6. The predicted octanol–water partition coefficient (Wildman–Crippen LogP) is 3.74. The standard InChI is InChI=1S/C20H21F2NO4/c1-12-10-27-15(9-16(24)25)17(12)19(26)23-11-20(7-2-3-8-20)18-13(21)5-4-6-14(18)22/h4-6,10H,2-3,7-9,11H2,1H3,(H,23,26)(H,24,25). The summed E-state index contributed by atoms with van der Waals surface area (Å²) < 4.78 is 34.0. The molecule has 2 N–H and O–H groups in total. The lowest BCUT2D eigenvalue weighted by Gasteiger charge is -2.30. The fraction of sp³-hybridized carbons (Fsp3) is 0.400. The molecule has 2 aromatic rings. The third-order valence-corrected chi connectivity index (χ3v) is 5.23. The van der Waals surface area contributed by atoms with Crippen LogP contribution < -0.4 is 5.32 Å². The second kappa shape index (κ2) is 7.50. The zero-order valence-electron chi connectivity index (χ0n) is 15.0. The van der Waals surface area contributed by atoms with Gasteiger partial charge >= 0.3 is 5.97 Å². The Bertz CT molecular complexity index is 849. The summed E-state index contributed by atoms with van der Waals surface area (Å²) in [6, 6.07) is 3.78. The zero-order valence-corrected chi connectivity index (χ0v) is 15.0. The van der Waals surface area contributed by atoms with E-state index in [2.05, 4.69) is 5.32 Å². The number of carbonyl (C=O) groups excluding carboxylic acids is 1. The first kappa shape index (κ1) is 19.1. The molecular formula is C20H21F2NO4. The molecule has 1 aliphatic carbocycles. The van der Waals surface area contributed by atoms with Crippen molar-refractivity contribution in [3.63, 3.8) is 0 Å². The quantitative estimate of drug-likeness (QED) is 0.804. The van der Waals surface area contributed by atoms with E-state index >= 15 is 0 Å². The molecule has 1 saturated carbocycles. The van der Waals surface area contributed by atoms with Gasteiger partial charge in [0.25, 0.3) is 5.91 Å². The highest BCUT2D eigenvalue weighted by molar-refractivity contribution is 5.97. The highest BCUT2D eigenvalue weighted by Crippen LogP contribution is 2.42. The van der Waals surface area contributed by atoms with Gasteiger partial charge in [-0.25, -0.2) is 8.78 Å². The lowest BCUT2D eigenvalue weighted by Crippen LogP contribution is -2.40. The molecule has 27 heavy (non-hydrogen) atoms. The minimum Gasteiger partial charge on any atom is -0.481 e. The Balaban J connectivity index is 1.85. The number of nitrogens with one attached hydrogen (secondary N) is 1. The van der Waals surface area contributed by atoms with Crippen LogP contribution in [0, 0.1) is 18.6 Å². The van der Waals surface area contributed by atoms with Crippen LogP contribution in [0.25, 0.3) is 0 Å². The number of carboxylic acid groups (broad SMARTS) is 1. The molecule has 5 nitrogen and oxygen atoms in total. The average molecular weight is 377 g/mol. The molecule has 0 unspecified atom stereocenters. The van der Waals surface area contributed by atoms with Crippen molar-refractivity contribution in [2.75, 3.05) is 6.54 Å². The number of furan rings is 1. The smallest absolute Gasteiger partial charge is 0.311 e. The fourth-order valence-corrected chi connectivity index (χ4v) is 3.98.